The minimum atomic E-state index is 0.0248. The first-order chi connectivity index (χ1) is 9.54. The molecular weight excluding hydrogens is 240 g/mol. The zero-order valence-electron chi connectivity index (χ0n) is 13.9. The summed E-state index contributed by atoms with van der Waals surface area (Å²) in [5, 5.41) is 0. The quantitative estimate of drug-likeness (QED) is 0.428. The predicted octanol–water partition coefficient (Wildman–Crippen LogP) is 6.48. The van der Waals surface area contributed by atoms with Crippen molar-refractivity contribution in [3.8, 4) is 0 Å². The summed E-state index contributed by atoms with van der Waals surface area (Å²) in [7, 11) is 0. The largest absolute Gasteiger partial charge is 0.0654 e. The standard InChI is InChI=1S/C20H33/c1-5-6-7-8-9-10-11-12-13-18-14-16-19(17-15-18)20(2,3)4/h14-17H,2,5-13H2,1,3-4H3. The van der Waals surface area contributed by atoms with Crippen LogP contribution in [0.15, 0.2) is 24.3 Å². The van der Waals surface area contributed by atoms with E-state index in [2.05, 4.69) is 52.0 Å². The summed E-state index contributed by atoms with van der Waals surface area (Å²) >= 11 is 0. The van der Waals surface area contributed by atoms with Crippen LogP contribution in [0.5, 0.6) is 0 Å². The van der Waals surface area contributed by atoms with Crippen LogP contribution in [0.2, 0.25) is 0 Å². The van der Waals surface area contributed by atoms with E-state index in [1.54, 1.807) is 0 Å². The molecule has 0 saturated carbocycles. The maximum Gasteiger partial charge on any atom is -0.0103 e. The van der Waals surface area contributed by atoms with Gasteiger partial charge in [-0.2, -0.15) is 0 Å². The number of aryl methyl sites for hydroxylation is 1. The summed E-state index contributed by atoms with van der Waals surface area (Å²) < 4.78 is 0. The lowest BCUT2D eigenvalue weighted by molar-refractivity contribution is 0.575. The zero-order chi connectivity index (χ0) is 14.8. The van der Waals surface area contributed by atoms with Crippen molar-refractivity contribution >= 4 is 0 Å². The number of hydrogen-bond donors (Lipinski definition) is 0. The smallest absolute Gasteiger partial charge is 0.0103 e. The summed E-state index contributed by atoms with van der Waals surface area (Å²) in [4.78, 5) is 0. The van der Waals surface area contributed by atoms with E-state index in [1.807, 2.05) is 0 Å². The molecule has 1 radical (unpaired) electrons. The summed E-state index contributed by atoms with van der Waals surface area (Å²) in [6.45, 7) is 10.8. The second kappa shape index (κ2) is 9.21. The molecule has 0 nitrogen and oxygen atoms in total. The van der Waals surface area contributed by atoms with Crippen molar-refractivity contribution in [3.05, 3.63) is 42.3 Å². The number of rotatable bonds is 10. The summed E-state index contributed by atoms with van der Waals surface area (Å²) in [6, 6.07) is 9.05. The third-order valence-electron chi connectivity index (χ3n) is 4.05. The van der Waals surface area contributed by atoms with E-state index in [-0.39, 0.29) is 5.41 Å². The van der Waals surface area contributed by atoms with Crippen molar-refractivity contribution in [2.24, 2.45) is 0 Å². The van der Waals surface area contributed by atoms with Gasteiger partial charge >= 0.3 is 0 Å². The molecule has 0 spiro atoms. The maximum atomic E-state index is 4.19. The van der Waals surface area contributed by atoms with Crippen molar-refractivity contribution < 1.29 is 0 Å². The van der Waals surface area contributed by atoms with E-state index < -0.39 is 0 Å². The third kappa shape index (κ3) is 7.12. The van der Waals surface area contributed by atoms with E-state index in [9.17, 15) is 0 Å². The topological polar surface area (TPSA) is 0 Å². The molecule has 20 heavy (non-hydrogen) atoms. The molecule has 0 unspecified atom stereocenters. The third-order valence-corrected chi connectivity index (χ3v) is 4.05. The van der Waals surface area contributed by atoms with Gasteiger partial charge in [0, 0.05) is 0 Å². The van der Waals surface area contributed by atoms with Gasteiger partial charge in [0.15, 0.2) is 0 Å². The first-order valence-corrected chi connectivity index (χ1v) is 8.49. The van der Waals surface area contributed by atoms with Crippen molar-refractivity contribution in [1.29, 1.82) is 0 Å². The molecule has 0 N–H and O–H groups in total. The molecule has 0 bridgehead atoms. The second-order valence-corrected chi connectivity index (χ2v) is 6.81. The molecule has 0 aliphatic rings. The first-order valence-electron chi connectivity index (χ1n) is 8.49. The van der Waals surface area contributed by atoms with Gasteiger partial charge < -0.3 is 0 Å². The molecule has 1 rings (SSSR count). The highest BCUT2D eigenvalue weighted by molar-refractivity contribution is 5.28. The number of unbranched alkanes of at least 4 members (excludes halogenated alkanes) is 7. The Bertz CT molecular complexity index is 339. The van der Waals surface area contributed by atoms with Crippen LogP contribution in [0.1, 0.15) is 83.3 Å². The highest BCUT2D eigenvalue weighted by atomic mass is 14.2. The van der Waals surface area contributed by atoms with Gasteiger partial charge in [-0.1, -0.05) is 90.0 Å². The van der Waals surface area contributed by atoms with Gasteiger partial charge in [-0.3, -0.25) is 0 Å². The molecule has 1 aromatic rings. The molecular formula is C20H33. The van der Waals surface area contributed by atoms with Gasteiger partial charge in [0.2, 0.25) is 0 Å². The molecule has 113 valence electrons. The van der Waals surface area contributed by atoms with Gasteiger partial charge in [0.05, 0.1) is 0 Å². The molecule has 0 aliphatic carbocycles. The fourth-order valence-corrected chi connectivity index (χ4v) is 2.59. The predicted molar refractivity (Wildman–Crippen MR) is 91.1 cm³/mol. The average molecular weight is 273 g/mol. The van der Waals surface area contributed by atoms with Crippen molar-refractivity contribution in [1.82, 2.24) is 0 Å². The van der Waals surface area contributed by atoms with E-state index in [1.165, 1.54) is 68.9 Å². The van der Waals surface area contributed by atoms with Gasteiger partial charge in [-0.15, -0.1) is 0 Å². The van der Waals surface area contributed by atoms with E-state index in [0.29, 0.717) is 0 Å². The van der Waals surface area contributed by atoms with Gasteiger partial charge in [0.25, 0.3) is 0 Å². The molecule has 0 aromatic heterocycles. The average Bonchev–Trinajstić information content (AvgIpc) is 2.41. The van der Waals surface area contributed by atoms with Gasteiger partial charge in [0.1, 0.15) is 0 Å². The van der Waals surface area contributed by atoms with Crippen LogP contribution < -0.4 is 0 Å². The molecule has 0 heterocycles. The fourth-order valence-electron chi connectivity index (χ4n) is 2.59. The normalized spacial score (nSPS) is 11.8. The van der Waals surface area contributed by atoms with Crippen LogP contribution >= 0.6 is 0 Å². The highest BCUT2D eigenvalue weighted by Crippen LogP contribution is 2.22. The Kier molecular flexibility index (Phi) is 7.95. The lowest BCUT2D eigenvalue weighted by Gasteiger charge is -2.18. The van der Waals surface area contributed by atoms with Gasteiger partial charge in [-0.05, 0) is 36.3 Å². The lowest BCUT2D eigenvalue weighted by Crippen LogP contribution is -2.11. The molecule has 0 heteroatoms. The van der Waals surface area contributed by atoms with Crippen LogP contribution in [0.4, 0.5) is 0 Å². The van der Waals surface area contributed by atoms with Crippen LogP contribution in [0, 0.1) is 6.92 Å². The van der Waals surface area contributed by atoms with Crippen LogP contribution in [-0.2, 0) is 11.8 Å². The minimum Gasteiger partial charge on any atom is -0.0654 e. The Balaban J connectivity index is 2.13. The molecule has 0 amide bonds. The molecule has 0 saturated heterocycles. The Labute approximate surface area is 127 Å². The van der Waals surface area contributed by atoms with Crippen LogP contribution in [0.3, 0.4) is 0 Å². The van der Waals surface area contributed by atoms with Crippen LogP contribution in [0.25, 0.3) is 0 Å². The zero-order valence-corrected chi connectivity index (χ0v) is 13.9. The van der Waals surface area contributed by atoms with E-state index in [4.69, 9.17) is 0 Å². The van der Waals surface area contributed by atoms with Crippen molar-refractivity contribution in [2.45, 2.75) is 84.0 Å². The number of hydrogen-bond acceptors (Lipinski definition) is 0. The second-order valence-electron chi connectivity index (χ2n) is 6.81. The monoisotopic (exact) mass is 273 g/mol. The maximum absolute atomic E-state index is 4.19. The lowest BCUT2D eigenvalue weighted by atomic mass is 9.86. The highest BCUT2D eigenvalue weighted by Gasteiger charge is 2.12. The Morgan fingerprint density at radius 2 is 1.30 bits per heavy atom. The summed E-state index contributed by atoms with van der Waals surface area (Å²) in [5.41, 5.74) is 2.83. The van der Waals surface area contributed by atoms with E-state index >= 15 is 0 Å². The molecule has 1 aromatic carbocycles. The summed E-state index contributed by atoms with van der Waals surface area (Å²) in [5.74, 6) is 0. The first kappa shape index (κ1) is 17.3. The fraction of sp³-hybridized carbons (Fsp3) is 0.650. The Morgan fingerprint density at radius 1 is 0.800 bits per heavy atom. The molecule has 0 fully saturated rings. The van der Waals surface area contributed by atoms with Crippen molar-refractivity contribution in [3.63, 3.8) is 0 Å². The molecule has 0 atom stereocenters. The SMILES string of the molecule is [CH2]C(C)(C)c1ccc(CCCCCCCCCC)cc1. The van der Waals surface area contributed by atoms with Gasteiger partial charge in [-0.25, -0.2) is 0 Å². The Morgan fingerprint density at radius 3 is 1.80 bits per heavy atom. The van der Waals surface area contributed by atoms with Crippen molar-refractivity contribution in [2.75, 3.05) is 0 Å². The van der Waals surface area contributed by atoms with E-state index in [0.717, 1.165) is 0 Å². The minimum absolute atomic E-state index is 0.0248. The number of benzene rings is 1. The molecule has 0 aliphatic heterocycles. The Hall–Kier alpha value is -0.780. The van der Waals surface area contributed by atoms with Crippen LogP contribution in [-0.4, -0.2) is 0 Å². The summed E-state index contributed by atoms with van der Waals surface area (Å²) in [6.07, 6.45) is 12.4.